The van der Waals surface area contributed by atoms with E-state index in [0.29, 0.717) is 5.39 Å². The first-order valence-corrected chi connectivity index (χ1v) is 6.51. The average Bonchev–Trinajstić information content (AvgIpc) is 2.47. The summed E-state index contributed by atoms with van der Waals surface area (Å²) in [5.74, 6) is 0. The van der Waals surface area contributed by atoms with Crippen LogP contribution in [0, 0.1) is 0 Å². The number of benzene rings is 2. The van der Waals surface area contributed by atoms with Crippen molar-refractivity contribution in [2.75, 3.05) is 0 Å². The van der Waals surface area contributed by atoms with E-state index >= 15 is 0 Å². The maximum absolute atomic E-state index is 11.6. The summed E-state index contributed by atoms with van der Waals surface area (Å²) < 4.78 is 0. The molecule has 0 saturated heterocycles. The molecule has 1 heterocycles. The number of aromatic amines is 1. The summed E-state index contributed by atoms with van der Waals surface area (Å²) in [4.78, 5) is 11.6. The second-order valence-electron chi connectivity index (χ2n) is 4.43. The standard InChI is InChI=1S/C16H11ClN2O/c17-14-6-3-11(4-7-14)1-2-12-5-8-15-13(9-12)10-18-19-16(15)20/h1-10H,(H,19,20). The van der Waals surface area contributed by atoms with E-state index in [9.17, 15) is 4.79 Å². The normalized spacial score (nSPS) is 11.2. The van der Waals surface area contributed by atoms with Gasteiger partial charge in [0.1, 0.15) is 0 Å². The summed E-state index contributed by atoms with van der Waals surface area (Å²) in [6.07, 6.45) is 5.64. The van der Waals surface area contributed by atoms with Crippen molar-refractivity contribution < 1.29 is 0 Å². The van der Waals surface area contributed by atoms with E-state index in [1.54, 1.807) is 12.3 Å². The van der Waals surface area contributed by atoms with Gasteiger partial charge in [0.05, 0.1) is 11.6 Å². The van der Waals surface area contributed by atoms with Gasteiger partial charge in [-0.3, -0.25) is 4.79 Å². The maximum atomic E-state index is 11.6. The molecule has 3 rings (SSSR count). The van der Waals surface area contributed by atoms with E-state index in [0.717, 1.165) is 21.5 Å². The third-order valence-corrected chi connectivity index (χ3v) is 3.28. The van der Waals surface area contributed by atoms with Crippen molar-refractivity contribution in [2.24, 2.45) is 0 Å². The topological polar surface area (TPSA) is 45.8 Å². The van der Waals surface area contributed by atoms with Crippen molar-refractivity contribution in [2.45, 2.75) is 0 Å². The van der Waals surface area contributed by atoms with Gasteiger partial charge in [-0.15, -0.1) is 0 Å². The first-order chi connectivity index (χ1) is 9.72. The van der Waals surface area contributed by atoms with Gasteiger partial charge in [0, 0.05) is 10.4 Å². The van der Waals surface area contributed by atoms with Crippen LogP contribution in [0.15, 0.2) is 53.5 Å². The Morgan fingerprint density at radius 2 is 1.70 bits per heavy atom. The van der Waals surface area contributed by atoms with Gasteiger partial charge in [-0.2, -0.15) is 5.10 Å². The molecule has 0 spiro atoms. The molecule has 2 aromatic carbocycles. The highest BCUT2D eigenvalue weighted by Crippen LogP contribution is 2.15. The number of nitrogens with zero attached hydrogens (tertiary/aromatic N) is 1. The molecular weight excluding hydrogens is 272 g/mol. The number of H-pyrrole nitrogens is 1. The lowest BCUT2D eigenvalue weighted by atomic mass is 10.1. The predicted molar refractivity (Wildman–Crippen MR) is 82.7 cm³/mol. The molecule has 0 atom stereocenters. The Kier molecular flexibility index (Phi) is 3.35. The Labute approximate surface area is 120 Å². The predicted octanol–water partition coefficient (Wildman–Crippen LogP) is 3.75. The second-order valence-corrected chi connectivity index (χ2v) is 4.87. The van der Waals surface area contributed by atoms with Crippen LogP contribution in [0.2, 0.25) is 5.02 Å². The second kappa shape index (κ2) is 5.31. The monoisotopic (exact) mass is 282 g/mol. The summed E-state index contributed by atoms with van der Waals surface area (Å²) in [6.45, 7) is 0. The molecule has 0 aliphatic carbocycles. The highest BCUT2D eigenvalue weighted by atomic mass is 35.5. The van der Waals surface area contributed by atoms with Crippen LogP contribution in [0.1, 0.15) is 11.1 Å². The summed E-state index contributed by atoms with van der Waals surface area (Å²) in [5.41, 5.74) is 1.91. The fourth-order valence-electron chi connectivity index (χ4n) is 1.99. The zero-order valence-electron chi connectivity index (χ0n) is 10.5. The Balaban J connectivity index is 1.95. The zero-order valence-corrected chi connectivity index (χ0v) is 11.3. The molecular formula is C16H11ClN2O. The van der Waals surface area contributed by atoms with Gasteiger partial charge < -0.3 is 0 Å². The molecule has 98 valence electrons. The van der Waals surface area contributed by atoms with Crippen LogP contribution in [0.25, 0.3) is 22.9 Å². The number of halogens is 1. The number of fused-ring (bicyclic) bond motifs is 1. The van der Waals surface area contributed by atoms with Gasteiger partial charge in [-0.1, -0.05) is 42.0 Å². The van der Waals surface area contributed by atoms with Crippen LogP contribution >= 0.6 is 11.6 Å². The molecule has 0 saturated carbocycles. The van der Waals surface area contributed by atoms with Crippen LogP contribution in [-0.4, -0.2) is 10.2 Å². The third-order valence-electron chi connectivity index (χ3n) is 3.03. The molecule has 0 fully saturated rings. The Morgan fingerprint density at radius 1 is 1.00 bits per heavy atom. The van der Waals surface area contributed by atoms with E-state index in [2.05, 4.69) is 10.2 Å². The minimum absolute atomic E-state index is 0.171. The SMILES string of the molecule is O=c1[nH]ncc2cc(C=Cc3ccc(Cl)cc3)ccc12. The van der Waals surface area contributed by atoms with Gasteiger partial charge in [0.2, 0.25) is 0 Å². The minimum atomic E-state index is -0.171. The van der Waals surface area contributed by atoms with Gasteiger partial charge in [-0.05, 0) is 35.4 Å². The van der Waals surface area contributed by atoms with Gasteiger partial charge >= 0.3 is 0 Å². The molecule has 0 bridgehead atoms. The van der Waals surface area contributed by atoms with E-state index in [1.807, 2.05) is 48.6 Å². The fourth-order valence-corrected chi connectivity index (χ4v) is 2.11. The summed E-state index contributed by atoms with van der Waals surface area (Å²) in [6, 6.07) is 13.2. The summed E-state index contributed by atoms with van der Waals surface area (Å²) >= 11 is 5.85. The summed E-state index contributed by atoms with van der Waals surface area (Å²) in [7, 11) is 0. The Hall–Kier alpha value is -2.39. The highest BCUT2D eigenvalue weighted by molar-refractivity contribution is 6.30. The van der Waals surface area contributed by atoms with Crippen molar-refractivity contribution in [1.29, 1.82) is 0 Å². The molecule has 20 heavy (non-hydrogen) atoms. The molecule has 0 aliphatic rings. The molecule has 1 N–H and O–H groups in total. The first kappa shape index (κ1) is 12.6. The Bertz CT molecular complexity index is 835. The lowest BCUT2D eigenvalue weighted by Gasteiger charge is -1.98. The highest BCUT2D eigenvalue weighted by Gasteiger charge is 1.98. The number of hydrogen-bond acceptors (Lipinski definition) is 2. The molecule has 0 unspecified atom stereocenters. The van der Waals surface area contributed by atoms with Crippen LogP contribution in [-0.2, 0) is 0 Å². The van der Waals surface area contributed by atoms with Gasteiger partial charge in [0.25, 0.3) is 5.56 Å². The molecule has 0 radical (unpaired) electrons. The minimum Gasteiger partial charge on any atom is -0.267 e. The van der Waals surface area contributed by atoms with E-state index < -0.39 is 0 Å². The molecule has 0 aliphatic heterocycles. The first-order valence-electron chi connectivity index (χ1n) is 6.13. The number of nitrogens with one attached hydrogen (secondary N) is 1. The summed E-state index contributed by atoms with van der Waals surface area (Å²) in [5, 5.41) is 8.41. The average molecular weight is 283 g/mol. The lowest BCUT2D eigenvalue weighted by molar-refractivity contribution is 1.01. The number of hydrogen-bond donors (Lipinski definition) is 1. The third kappa shape index (κ3) is 2.63. The Morgan fingerprint density at radius 3 is 2.50 bits per heavy atom. The van der Waals surface area contributed by atoms with Crippen LogP contribution < -0.4 is 5.56 Å². The maximum Gasteiger partial charge on any atom is 0.272 e. The largest absolute Gasteiger partial charge is 0.272 e. The zero-order chi connectivity index (χ0) is 13.9. The molecule has 3 aromatic rings. The van der Waals surface area contributed by atoms with Crippen LogP contribution in [0.4, 0.5) is 0 Å². The van der Waals surface area contributed by atoms with Crippen molar-refractivity contribution in [1.82, 2.24) is 10.2 Å². The van der Waals surface area contributed by atoms with Gasteiger partial charge in [-0.25, -0.2) is 5.10 Å². The number of aromatic nitrogens is 2. The fraction of sp³-hybridized carbons (Fsp3) is 0. The quantitative estimate of drug-likeness (QED) is 0.728. The van der Waals surface area contributed by atoms with E-state index in [-0.39, 0.29) is 5.56 Å². The van der Waals surface area contributed by atoms with Crippen molar-refractivity contribution in [3.05, 3.63) is 75.2 Å². The lowest BCUT2D eigenvalue weighted by Crippen LogP contribution is -2.06. The molecule has 4 heteroatoms. The smallest absolute Gasteiger partial charge is 0.267 e. The van der Waals surface area contributed by atoms with Crippen LogP contribution in [0.3, 0.4) is 0 Å². The van der Waals surface area contributed by atoms with E-state index in [4.69, 9.17) is 11.6 Å². The van der Waals surface area contributed by atoms with Crippen LogP contribution in [0.5, 0.6) is 0 Å². The molecule has 1 aromatic heterocycles. The van der Waals surface area contributed by atoms with Crippen molar-refractivity contribution in [3.8, 4) is 0 Å². The molecule has 0 amide bonds. The van der Waals surface area contributed by atoms with Crippen molar-refractivity contribution >= 4 is 34.5 Å². The molecule has 3 nitrogen and oxygen atoms in total. The van der Waals surface area contributed by atoms with Gasteiger partial charge in [0.15, 0.2) is 0 Å². The number of rotatable bonds is 2. The van der Waals surface area contributed by atoms with E-state index in [1.165, 1.54) is 0 Å². The van der Waals surface area contributed by atoms with Crippen molar-refractivity contribution in [3.63, 3.8) is 0 Å².